The number of hydrogen-bond donors (Lipinski definition) is 0. The normalized spacial score (nSPS) is 16.2. The van der Waals surface area contributed by atoms with Crippen molar-refractivity contribution in [1.82, 2.24) is 15.0 Å². The van der Waals surface area contributed by atoms with Crippen molar-refractivity contribution in [3.05, 3.63) is 22.9 Å². The maximum atomic E-state index is 5.34. The van der Waals surface area contributed by atoms with E-state index < -0.39 is 0 Å². The van der Waals surface area contributed by atoms with Crippen molar-refractivity contribution >= 4 is 11.3 Å². The van der Waals surface area contributed by atoms with Gasteiger partial charge in [-0.2, -0.15) is 4.98 Å². The van der Waals surface area contributed by atoms with Gasteiger partial charge in [0.1, 0.15) is 0 Å². The Kier molecular flexibility index (Phi) is 3.18. The van der Waals surface area contributed by atoms with Gasteiger partial charge in [0.15, 0.2) is 0 Å². The Morgan fingerprint density at radius 2 is 2.33 bits per heavy atom. The summed E-state index contributed by atoms with van der Waals surface area (Å²) in [5, 5.41) is 6.13. The van der Waals surface area contributed by atoms with Crippen molar-refractivity contribution in [1.29, 1.82) is 0 Å². The minimum atomic E-state index is 0.698. The molecule has 1 saturated carbocycles. The zero-order valence-corrected chi connectivity index (χ0v) is 11.5. The van der Waals surface area contributed by atoms with Crippen LogP contribution in [0.3, 0.4) is 0 Å². The Morgan fingerprint density at radius 1 is 1.50 bits per heavy atom. The molecule has 1 fully saturated rings. The zero-order valence-electron chi connectivity index (χ0n) is 10.7. The smallest absolute Gasteiger partial charge is 0.241 e. The van der Waals surface area contributed by atoms with Crippen LogP contribution >= 0.6 is 11.3 Å². The molecule has 2 heterocycles. The van der Waals surface area contributed by atoms with Gasteiger partial charge in [0.25, 0.3) is 0 Å². The first-order chi connectivity index (χ1) is 8.74. The summed E-state index contributed by atoms with van der Waals surface area (Å²) < 4.78 is 5.34. The van der Waals surface area contributed by atoms with Crippen LogP contribution in [0.25, 0.3) is 10.7 Å². The third-order valence-electron chi connectivity index (χ3n) is 3.62. The Balaban J connectivity index is 1.71. The van der Waals surface area contributed by atoms with E-state index in [-0.39, 0.29) is 0 Å². The van der Waals surface area contributed by atoms with Crippen molar-refractivity contribution in [3.8, 4) is 10.7 Å². The van der Waals surface area contributed by atoms with Gasteiger partial charge in [-0.3, -0.25) is 4.90 Å². The van der Waals surface area contributed by atoms with Crippen LogP contribution in [0, 0.1) is 6.92 Å². The van der Waals surface area contributed by atoms with Crippen LogP contribution in [-0.2, 0) is 6.54 Å². The van der Waals surface area contributed by atoms with E-state index in [4.69, 9.17) is 4.52 Å². The van der Waals surface area contributed by atoms with Gasteiger partial charge in [0, 0.05) is 6.04 Å². The van der Waals surface area contributed by atoms with Crippen molar-refractivity contribution in [2.45, 2.75) is 38.8 Å². The van der Waals surface area contributed by atoms with E-state index >= 15 is 0 Å². The number of rotatable bonds is 4. The minimum Gasteiger partial charge on any atom is -0.338 e. The molecule has 1 aliphatic carbocycles. The predicted octanol–water partition coefficient (Wildman–Crippen LogP) is 3.09. The van der Waals surface area contributed by atoms with Crippen LogP contribution in [0.5, 0.6) is 0 Å². The average Bonchev–Trinajstić information content (AvgIpc) is 2.84. The molecule has 2 aromatic heterocycles. The van der Waals surface area contributed by atoms with Crippen LogP contribution in [0.4, 0.5) is 0 Å². The van der Waals surface area contributed by atoms with Crippen LogP contribution in [0.15, 0.2) is 16.0 Å². The van der Waals surface area contributed by atoms with Gasteiger partial charge < -0.3 is 4.52 Å². The first-order valence-electron chi connectivity index (χ1n) is 6.31. The van der Waals surface area contributed by atoms with E-state index in [1.807, 2.05) is 0 Å². The Labute approximate surface area is 111 Å². The third-order valence-corrected chi connectivity index (χ3v) is 4.63. The van der Waals surface area contributed by atoms with Crippen molar-refractivity contribution in [2.75, 3.05) is 7.05 Å². The van der Waals surface area contributed by atoms with Gasteiger partial charge in [0.2, 0.25) is 11.7 Å². The molecule has 0 aromatic carbocycles. The number of hydrogen-bond acceptors (Lipinski definition) is 5. The molecule has 0 spiro atoms. The highest BCUT2D eigenvalue weighted by atomic mass is 32.1. The number of nitrogens with zero attached hydrogens (tertiary/aromatic N) is 3. The highest BCUT2D eigenvalue weighted by Crippen LogP contribution is 2.27. The second-order valence-corrected chi connectivity index (χ2v) is 5.86. The maximum Gasteiger partial charge on any atom is 0.241 e. The van der Waals surface area contributed by atoms with Crippen LogP contribution < -0.4 is 0 Å². The van der Waals surface area contributed by atoms with Gasteiger partial charge in [-0.25, -0.2) is 0 Å². The largest absolute Gasteiger partial charge is 0.338 e. The topological polar surface area (TPSA) is 42.2 Å². The van der Waals surface area contributed by atoms with Gasteiger partial charge in [-0.05, 0) is 43.8 Å². The lowest BCUT2D eigenvalue weighted by Crippen LogP contribution is -2.36. The number of aryl methyl sites for hydroxylation is 1. The van der Waals surface area contributed by atoms with Gasteiger partial charge in [-0.15, -0.1) is 11.3 Å². The quantitative estimate of drug-likeness (QED) is 0.850. The maximum absolute atomic E-state index is 5.34. The number of aromatic nitrogens is 2. The summed E-state index contributed by atoms with van der Waals surface area (Å²) in [5.74, 6) is 1.44. The molecule has 96 valence electrons. The third kappa shape index (κ3) is 2.20. The monoisotopic (exact) mass is 263 g/mol. The van der Waals surface area contributed by atoms with E-state index in [0.717, 1.165) is 17.2 Å². The van der Waals surface area contributed by atoms with Gasteiger partial charge in [-0.1, -0.05) is 11.6 Å². The summed E-state index contributed by atoms with van der Waals surface area (Å²) in [5.41, 5.74) is 1.21. The summed E-state index contributed by atoms with van der Waals surface area (Å²) in [6, 6.07) is 2.78. The van der Waals surface area contributed by atoms with E-state index in [1.165, 1.54) is 24.8 Å². The lowest BCUT2D eigenvalue weighted by atomic mass is 9.92. The molecule has 0 atom stereocenters. The average molecular weight is 263 g/mol. The van der Waals surface area contributed by atoms with Crippen LogP contribution in [0.1, 0.15) is 30.7 Å². The summed E-state index contributed by atoms with van der Waals surface area (Å²) in [6.07, 6.45) is 3.93. The predicted molar refractivity (Wildman–Crippen MR) is 71.5 cm³/mol. The molecular formula is C13H17N3OS. The SMILES string of the molecule is Cc1ccsc1-c1noc(CN(C)C2CCC2)n1. The molecule has 2 aromatic rings. The fraction of sp³-hybridized carbons (Fsp3) is 0.538. The van der Waals surface area contributed by atoms with Crippen molar-refractivity contribution in [2.24, 2.45) is 0 Å². The van der Waals surface area contributed by atoms with Crippen molar-refractivity contribution in [3.63, 3.8) is 0 Å². The zero-order chi connectivity index (χ0) is 12.5. The summed E-state index contributed by atoms with van der Waals surface area (Å²) >= 11 is 1.66. The standard InChI is InChI=1S/C13H17N3OS/c1-9-6-7-18-12(9)13-14-11(17-15-13)8-16(2)10-4-3-5-10/h6-7,10H,3-5,8H2,1-2H3. The molecule has 18 heavy (non-hydrogen) atoms. The molecule has 1 aliphatic rings. The molecule has 0 saturated heterocycles. The van der Waals surface area contributed by atoms with E-state index in [9.17, 15) is 0 Å². The Hall–Kier alpha value is -1.20. The molecule has 0 amide bonds. The van der Waals surface area contributed by atoms with Gasteiger partial charge in [0.05, 0.1) is 11.4 Å². The molecule has 0 aliphatic heterocycles. The Bertz CT molecular complexity index is 530. The lowest BCUT2D eigenvalue weighted by molar-refractivity contribution is 0.137. The summed E-state index contributed by atoms with van der Waals surface area (Å²) in [6.45, 7) is 2.82. The molecule has 4 nitrogen and oxygen atoms in total. The second-order valence-electron chi connectivity index (χ2n) is 4.94. The summed E-state index contributed by atoms with van der Waals surface area (Å²) in [4.78, 5) is 7.90. The lowest BCUT2D eigenvalue weighted by Gasteiger charge is -2.33. The van der Waals surface area contributed by atoms with Crippen LogP contribution in [0.2, 0.25) is 0 Å². The summed E-state index contributed by atoms with van der Waals surface area (Å²) in [7, 11) is 2.13. The highest BCUT2D eigenvalue weighted by Gasteiger charge is 2.23. The van der Waals surface area contributed by atoms with Crippen molar-refractivity contribution < 1.29 is 4.52 Å². The molecule has 0 bridgehead atoms. The van der Waals surface area contributed by atoms with E-state index in [2.05, 4.69) is 40.5 Å². The van der Waals surface area contributed by atoms with Crippen LogP contribution in [-0.4, -0.2) is 28.1 Å². The second kappa shape index (κ2) is 4.82. The first kappa shape index (κ1) is 11.9. The minimum absolute atomic E-state index is 0.698. The molecule has 0 radical (unpaired) electrons. The highest BCUT2D eigenvalue weighted by molar-refractivity contribution is 7.13. The fourth-order valence-electron chi connectivity index (χ4n) is 2.18. The van der Waals surface area contributed by atoms with E-state index in [0.29, 0.717) is 11.9 Å². The first-order valence-corrected chi connectivity index (χ1v) is 7.19. The van der Waals surface area contributed by atoms with Gasteiger partial charge >= 0.3 is 0 Å². The molecule has 5 heteroatoms. The number of thiophene rings is 1. The molecule has 0 N–H and O–H groups in total. The molecule has 0 unspecified atom stereocenters. The molecular weight excluding hydrogens is 246 g/mol. The molecule has 3 rings (SSSR count). The van der Waals surface area contributed by atoms with E-state index in [1.54, 1.807) is 11.3 Å². The fourth-order valence-corrected chi connectivity index (χ4v) is 3.03. The Morgan fingerprint density at radius 3 is 2.94 bits per heavy atom.